The summed E-state index contributed by atoms with van der Waals surface area (Å²) in [5.74, 6) is 0.303. The number of aromatic amines is 1. The first-order valence-electron chi connectivity index (χ1n) is 7.34. The summed E-state index contributed by atoms with van der Waals surface area (Å²) < 4.78 is 26.6. The van der Waals surface area contributed by atoms with Crippen molar-refractivity contribution in [3.8, 4) is 0 Å². The lowest BCUT2D eigenvalue weighted by molar-refractivity contribution is 0.583. The van der Waals surface area contributed by atoms with Crippen LogP contribution in [0.2, 0.25) is 0 Å². The van der Waals surface area contributed by atoms with E-state index in [1.807, 2.05) is 0 Å². The van der Waals surface area contributed by atoms with E-state index in [1.54, 1.807) is 42.5 Å². The Balaban J connectivity index is 1.62. The molecule has 3 N–H and O–H groups in total. The van der Waals surface area contributed by atoms with E-state index in [0.717, 1.165) is 0 Å². The van der Waals surface area contributed by atoms with E-state index < -0.39 is 10.0 Å². The number of sulfonamides is 1. The quantitative estimate of drug-likeness (QED) is 0.585. The molecule has 3 aromatic rings. The van der Waals surface area contributed by atoms with Crippen molar-refractivity contribution in [2.24, 2.45) is 0 Å². The molecule has 0 bridgehead atoms. The van der Waals surface area contributed by atoms with E-state index in [9.17, 15) is 13.2 Å². The third-order valence-electron chi connectivity index (χ3n) is 3.38. The minimum atomic E-state index is -3.54. The Bertz CT molecular complexity index is 1000. The van der Waals surface area contributed by atoms with Gasteiger partial charge in [-0.25, -0.2) is 18.1 Å². The summed E-state index contributed by atoms with van der Waals surface area (Å²) in [6, 6.07) is 15.1. The molecule has 24 heavy (non-hydrogen) atoms. The molecular formula is C16H16N4O3S. The number of benzene rings is 2. The number of aromatic nitrogens is 2. The fraction of sp³-hybridized carbons (Fsp3) is 0.125. The number of hydrogen-bond acceptors (Lipinski definition) is 5. The van der Waals surface area contributed by atoms with Gasteiger partial charge in [-0.15, -0.1) is 0 Å². The first-order valence-corrected chi connectivity index (χ1v) is 8.82. The molecule has 0 spiro atoms. The van der Waals surface area contributed by atoms with E-state index in [4.69, 9.17) is 0 Å². The predicted molar refractivity (Wildman–Crippen MR) is 92.5 cm³/mol. The smallest absolute Gasteiger partial charge is 0.260 e. The standard InChI is InChI=1S/C16H16N4O3S/c21-15-13-8-4-5-9-14(13)19-16(20-15)17-10-11-18-24(22,23)12-6-2-1-3-7-12/h1-9,18H,10-11H2,(H2,17,19,20,21). The zero-order chi connectivity index (χ0) is 17.0. The van der Waals surface area contributed by atoms with Gasteiger partial charge in [-0.05, 0) is 24.3 Å². The SMILES string of the molecule is O=c1[nH]c(NCCNS(=O)(=O)c2ccccc2)nc2ccccc12. The van der Waals surface area contributed by atoms with Gasteiger partial charge >= 0.3 is 0 Å². The Hall–Kier alpha value is -2.71. The van der Waals surface area contributed by atoms with Gasteiger partial charge in [0.15, 0.2) is 0 Å². The van der Waals surface area contributed by atoms with Crippen LogP contribution in [0.1, 0.15) is 0 Å². The van der Waals surface area contributed by atoms with E-state index in [-0.39, 0.29) is 23.5 Å². The number of nitrogens with one attached hydrogen (secondary N) is 3. The molecule has 0 fully saturated rings. The number of hydrogen-bond donors (Lipinski definition) is 3. The number of rotatable bonds is 6. The van der Waals surface area contributed by atoms with Crippen LogP contribution >= 0.6 is 0 Å². The highest BCUT2D eigenvalue weighted by Crippen LogP contribution is 2.08. The Labute approximate surface area is 138 Å². The summed E-state index contributed by atoms with van der Waals surface area (Å²) in [5.41, 5.74) is 0.335. The Morgan fingerprint density at radius 2 is 1.67 bits per heavy atom. The summed E-state index contributed by atoms with van der Waals surface area (Å²) in [5, 5.41) is 3.42. The Morgan fingerprint density at radius 1 is 0.958 bits per heavy atom. The minimum Gasteiger partial charge on any atom is -0.354 e. The van der Waals surface area contributed by atoms with Crippen LogP contribution in [0.15, 0.2) is 64.3 Å². The third kappa shape index (κ3) is 3.61. The predicted octanol–water partition coefficient (Wildman–Crippen LogP) is 1.31. The molecule has 0 saturated heterocycles. The maximum Gasteiger partial charge on any atom is 0.260 e. The number of anilines is 1. The average Bonchev–Trinajstić information content (AvgIpc) is 2.60. The Morgan fingerprint density at radius 3 is 2.46 bits per heavy atom. The molecule has 0 aliphatic carbocycles. The van der Waals surface area contributed by atoms with Crippen LogP contribution in [0.4, 0.5) is 5.95 Å². The van der Waals surface area contributed by atoms with E-state index >= 15 is 0 Å². The second-order valence-corrected chi connectivity index (χ2v) is 6.84. The van der Waals surface area contributed by atoms with Crippen molar-refractivity contribution in [3.05, 3.63) is 65.0 Å². The lowest BCUT2D eigenvalue weighted by atomic mass is 10.2. The second-order valence-electron chi connectivity index (χ2n) is 5.07. The molecule has 0 saturated carbocycles. The van der Waals surface area contributed by atoms with Crippen LogP contribution in [0.5, 0.6) is 0 Å². The van der Waals surface area contributed by atoms with Crippen LogP contribution in [0, 0.1) is 0 Å². The van der Waals surface area contributed by atoms with E-state index in [0.29, 0.717) is 16.9 Å². The van der Waals surface area contributed by atoms with Gasteiger partial charge in [-0.1, -0.05) is 30.3 Å². The molecule has 124 valence electrons. The lowest BCUT2D eigenvalue weighted by Crippen LogP contribution is -2.29. The average molecular weight is 344 g/mol. The van der Waals surface area contributed by atoms with Crippen molar-refractivity contribution < 1.29 is 8.42 Å². The third-order valence-corrected chi connectivity index (χ3v) is 4.85. The first-order chi connectivity index (χ1) is 11.6. The number of para-hydroxylation sites is 1. The molecular weight excluding hydrogens is 328 g/mol. The number of nitrogens with zero attached hydrogens (tertiary/aromatic N) is 1. The molecule has 0 atom stereocenters. The lowest BCUT2D eigenvalue weighted by Gasteiger charge is -2.08. The first kappa shape index (κ1) is 16.2. The van der Waals surface area contributed by atoms with Gasteiger partial charge < -0.3 is 5.32 Å². The Kier molecular flexibility index (Phi) is 4.59. The van der Waals surface area contributed by atoms with Crippen molar-refractivity contribution in [1.29, 1.82) is 0 Å². The van der Waals surface area contributed by atoms with Gasteiger partial charge in [0.2, 0.25) is 16.0 Å². The molecule has 0 amide bonds. The summed E-state index contributed by atoms with van der Waals surface area (Å²) in [6.45, 7) is 0.446. The number of fused-ring (bicyclic) bond motifs is 1. The van der Waals surface area contributed by atoms with Gasteiger partial charge in [0, 0.05) is 13.1 Å². The van der Waals surface area contributed by atoms with Crippen LogP contribution in [-0.4, -0.2) is 31.5 Å². The fourth-order valence-corrected chi connectivity index (χ4v) is 3.27. The highest BCUT2D eigenvalue weighted by Gasteiger charge is 2.12. The van der Waals surface area contributed by atoms with Crippen molar-refractivity contribution in [3.63, 3.8) is 0 Å². The molecule has 8 heteroatoms. The molecule has 1 aromatic heterocycles. The molecule has 1 heterocycles. The second kappa shape index (κ2) is 6.81. The van der Waals surface area contributed by atoms with Gasteiger partial charge in [0.05, 0.1) is 15.8 Å². The van der Waals surface area contributed by atoms with Gasteiger partial charge in [0.1, 0.15) is 0 Å². The maximum absolute atomic E-state index is 12.1. The van der Waals surface area contributed by atoms with Crippen LogP contribution in [0.3, 0.4) is 0 Å². The molecule has 0 unspecified atom stereocenters. The van der Waals surface area contributed by atoms with Crippen LogP contribution in [0.25, 0.3) is 10.9 Å². The zero-order valence-corrected chi connectivity index (χ0v) is 13.5. The number of H-pyrrole nitrogens is 1. The zero-order valence-electron chi connectivity index (χ0n) is 12.7. The molecule has 3 rings (SSSR count). The summed E-state index contributed by atoms with van der Waals surface area (Å²) >= 11 is 0. The van der Waals surface area contributed by atoms with Crippen molar-refractivity contribution >= 4 is 26.9 Å². The highest BCUT2D eigenvalue weighted by molar-refractivity contribution is 7.89. The van der Waals surface area contributed by atoms with Crippen LogP contribution in [-0.2, 0) is 10.0 Å². The van der Waals surface area contributed by atoms with Gasteiger partial charge in [-0.2, -0.15) is 0 Å². The highest BCUT2D eigenvalue weighted by atomic mass is 32.2. The molecule has 0 radical (unpaired) electrons. The molecule has 0 aliphatic heterocycles. The van der Waals surface area contributed by atoms with E-state index in [2.05, 4.69) is 20.0 Å². The molecule has 0 aliphatic rings. The van der Waals surface area contributed by atoms with Crippen molar-refractivity contribution in [2.45, 2.75) is 4.90 Å². The van der Waals surface area contributed by atoms with E-state index in [1.165, 1.54) is 12.1 Å². The van der Waals surface area contributed by atoms with Crippen molar-refractivity contribution in [1.82, 2.24) is 14.7 Å². The van der Waals surface area contributed by atoms with Gasteiger partial charge in [-0.3, -0.25) is 9.78 Å². The van der Waals surface area contributed by atoms with Crippen LogP contribution < -0.4 is 15.6 Å². The van der Waals surface area contributed by atoms with Gasteiger partial charge in [0.25, 0.3) is 5.56 Å². The normalized spacial score (nSPS) is 11.5. The summed E-state index contributed by atoms with van der Waals surface area (Å²) in [6.07, 6.45) is 0. The minimum absolute atomic E-state index is 0.160. The maximum atomic E-state index is 12.1. The fourth-order valence-electron chi connectivity index (χ4n) is 2.22. The summed E-state index contributed by atoms with van der Waals surface area (Å²) in [4.78, 5) is 19.0. The topological polar surface area (TPSA) is 104 Å². The molecule has 2 aromatic carbocycles. The largest absolute Gasteiger partial charge is 0.354 e. The monoisotopic (exact) mass is 344 g/mol. The molecule has 7 nitrogen and oxygen atoms in total. The van der Waals surface area contributed by atoms with Crippen molar-refractivity contribution in [2.75, 3.05) is 18.4 Å². The summed E-state index contributed by atoms with van der Waals surface area (Å²) in [7, 11) is -3.54.